The van der Waals surface area contributed by atoms with Gasteiger partial charge in [-0.25, -0.2) is 5.06 Å². The van der Waals surface area contributed by atoms with Gasteiger partial charge in [0.15, 0.2) is 17.7 Å². The summed E-state index contributed by atoms with van der Waals surface area (Å²) in [5.74, 6) is -0.400. The van der Waals surface area contributed by atoms with Gasteiger partial charge in [0.05, 0.1) is 11.4 Å². The lowest BCUT2D eigenvalue weighted by atomic mass is 10.1. The fraction of sp³-hybridized carbons (Fsp3) is 0.125. The van der Waals surface area contributed by atoms with Crippen molar-refractivity contribution in [3.8, 4) is 11.5 Å². The van der Waals surface area contributed by atoms with Crippen LogP contribution in [0.15, 0.2) is 54.2 Å². The van der Waals surface area contributed by atoms with Crippen LogP contribution in [0.1, 0.15) is 24.2 Å². The summed E-state index contributed by atoms with van der Waals surface area (Å²) in [7, 11) is 0. The van der Waals surface area contributed by atoms with Gasteiger partial charge >= 0.3 is 0 Å². The molecule has 3 rings (SSSR count). The summed E-state index contributed by atoms with van der Waals surface area (Å²) in [6, 6.07) is 14.2. The summed E-state index contributed by atoms with van der Waals surface area (Å²) in [4.78, 5) is 0. The fourth-order valence-electron chi connectivity index (χ4n) is 2.44. The molecule has 0 fully saturated rings. The van der Waals surface area contributed by atoms with Crippen molar-refractivity contribution in [2.45, 2.75) is 13.1 Å². The number of benzene rings is 2. The van der Waals surface area contributed by atoms with Crippen LogP contribution in [0.25, 0.3) is 5.70 Å². The first-order chi connectivity index (χ1) is 10.1. The highest BCUT2D eigenvalue weighted by atomic mass is 16.5. The van der Waals surface area contributed by atoms with Crippen LogP contribution in [0.5, 0.6) is 11.5 Å². The number of hydrogen-bond acceptors (Lipinski definition) is 5. The standard InChI is InChI=1S/C16H16N2O3/c1-10-15(11-5-3-2-4-6-11)17-16(18(10)21)12-7-8-13(19)14(20)9-12/h2-9,16-17,19-21H,1H3. The predicted octanol–water partition coefficient (Wildman–Crippen LogP) is 2.78. The number of nitrogens with zero attached hydrogens (tertiary/aromatic N) is 1. The molecule has 108 valence electrons. The number of hydroxylamine groups is 2. The first-order valence-corrected chi connectivity index (χ1v) is 6.61. The molecule has 2 aromatic rings. The van der Waals surface area contributed by atoms with E-state index in [-0.39, 0.29) is 11.5 Å². The van der Waals surface area contributed by atoms with Crippen LogP contribution in [-0.4, -0.2) is 20.5 Å². The maximum atomic E-state index is 10.3. The Labute approximate surface area is 122 Å². The van der Waals surface area contributed by atoms with E-state index in [1.807, 2.05) is 37.3 Å². The van der Waals surface area contributed by atoms with Crippen molar-refractivity contribution in [3.05, 3.63) is 65.4 Å². The molecule has 0 aromatic heterocycles. The van der Waals surface area contributed by atoms with E-state index in [0.717, 1.165) is 16.3 Å². The Kier molecular flexibility index (Phi) is 3.19. The number of aromatic hydroxyl groups is 2. The van der Waals surface area contributed by atoms with Crippen molar-refractivity contribution in [2.24, 2.45) is 0 Å². The lowest BCUT2D eigenvalue weighted by Gasteiger charge is -2.21. The Morgan fingerprint density at radius 2 is 1.71 bits per heavy atom. The Morgan fingerprint density at radius 3 is 2.38 bits per heavy atom. The average molecular weight is 284 g/mol. The highest BCUT2D eigenvalue weighted by Crippen LogP contribution is 2.36. The van der Waals surface area contributed by atoms with Gasteiger partial charge in [0, 0.05) is 5.56 Å². The second kappa shape index (κ2) is 5.03. The van der Waals surface area contributed by atoms with E-state index in [9.17, 15) is 15.4 Å². The molecule has 0 amide bonds. The van der Waals surface area contributed by atoms with Gasteiger partial charge in [-0.1, -0.05) is 36.4 Å². The molecule has 4 N–H and O–H groups in total. The number of nitrogens with one attached hydrogen (secondary N) is 1. The minimum atomic E-state index is -0.508. The zero-order valence-corrected chi connectivity index (χ0v) is 11.5. The molecule has 0 radical (unpaired) electrons. The minimum absolute atomic E-state index is 0.186. The molecular formula is C16H16N2O3. The normalized spacial score (nSPS) is 18.0. The van der Waals surface area contributed by atoms with Gasteiger partial charge < -0.3 is 15.5 Å². The van der Waals surface area contributed by atoms with Crippen LogP contribution in [0.2, 0.25) is 0 Å². The van der Waals surface area contributed by atoms with Gasteiger partial charge in [0.25, 0.3) is 0 Å². The SMILES string of the molecule is CC1=C(c2ccccc2)NC(c2ccc(O)c(O)c2)N1O. The predicted molar refractivity (Wildman–Crippen MR) is 78.3 cm³/mol. The fourth-order valence-corrected chi connectivity index (χ4v) is 2.44. The molecule has 0 saturated carbocycles. The zero-order chi connectivity index (χ0) is 15.0. The van der Waals surface area contributed by atoms with Crippen molar-refractivity contribution in [2.75, 3.05) is 0 Å². The first kappa shape index (κ1) is 13.3. The topological polar surface area (TPSA) is 76.0 Å². The minimum Gasteiger partial charge on any atom is -0.504 e. The summed E-state index contributed by atoms with van der Waals surface area (Å²) < 4.78 is 0. The largest absolute Gasteiger partial charge is 0.504 e. The maximum absolute atomic E-state index is 10.3. The van der Waals surface area contributed by atoms with E-state index < -0.39 is 6.17 Å². The van der Waals surface area contributed by atoms with Crippen LogP contribution < -0.4 is 5.32 Å². The molecule has 21 heavy (non-hydrogen) atoms. The van der Waals surface area contributed by atoms with Gasteiger partial charge in [-0.15, -0.1) is 0 Å². The molecule has 0 bridgehead atoms. The molecule has 0 saturated heterocycles. The van der Waals surface area contributed by atoms with Crippen molar-refractivity contribution in [1.29, 1.82) is 0 Å². The Balaban J connectivity index is 1.94. The van der Waals surface area contributed by atoms with E-state index in [4.69, 9.17) is 0 Å². The second-order valence-corrected chi connectivity index (χ2v) is 4.97. The second-order valence-electron chi connectivity index (χ2n) is 4.97. The smallest absolute Gasteiger partial charge is 0.157 e. The lowest BCUT2D eigenvalue weighted by molar-refractivity contribution is -0.0886. The highest BCUT2D eigenvalue weighted by molar-refractivity contribution is 5.68. The summed E-state index contributed by atoms with van der Waals surface area (Å²) in [5, 5.41) is 33.6. The molecule has 1 aliphatic rings. The molecule has 1 heterocycles. The molecular weight excluding hydrogens is 268 g/mol. The summed E-state index contributed by atoms with van der Waals surface area (Å²) in [6.45, 7) is 1.82. The molecule has 0 spiro atoms. The van der Waals surface area contributed by atoms with E-state index >= 15 is 0 Å². The summed E-state index contributed by atoms with van der Waals surface area (Å²) >= 11 is 0. The van der Waals surface area contributed by atoms with Crippen molar-refractivity contribution in [1.82, 2.24) is 10.4 Å². The Hall–Kier alpha value is -2.66. The molecule has 1 aliphatic heterocycles. The molecule has 2 aromatic carbocycles. The van der Waals surface area contributed by atoms with Crippen molar-refractivity contribution < 1.29 is 15.4 Å². The van der Waals surface area contributed by atoms with Crippen LogP contribution in [0.4, 0.5) is 0 Å². The van der Waals surface area contributed by atoms with Gasteiger partial charge in [0.2, 0.25) is 0 Å². The zero-order valence-electron chi connectivity index (χ0n) is 11.5. The quantitative estimate of drug-likeness (QED) is 0.638. The highest BCUT2D eigenvalue weighted by Gasteiger charge is 2.30. The lowest BCUT2D eigenvalue weighted by Crippen LogP contribution is -2.26. The third-order valence-corrected chi connectivity index (χ3v) is 3.61. The summed E-state index contributed by atoms with van der Waals surface area (Å²) in [5.41, 5.74) is 3.15. The van der Waals surface area contributed by atoms with Crippen LogP contribution in [0.3, 0.4) is 0 Å². The van der Waals surface area contributed by atoms with Crippen molar-refractivity contribution >= 4 is 5.70 Å². The van der Waals surface area contributed by atoms with Gasteiger partial charge in [-0.2, -0.15) is 0 Å². The number of rotatable bonds is 2. The van der Waals surface area contributed by atoms with Crippen LogP contribution >= 0.6 is 0 Å². The number of allylic oxidation sites excluding steroid dienone is 1. The molecule has 5 heteroatoms. The number of phenolic OH excluding ortho intramolecular Hbond substituents is 2. The Morgan fingerprint density at radius 1 is 1.00 bits per heavy atom. The van der Waals surface area contributed by atoms with E-state index in [1.165, 1.54) is 12.1 Å². The first-order valence-electron chi connectivity index (χ1n) is 6.61. The van der Waals surface area contributed by atoms with Gasteiger partial charge in [0.1, 0.15) is 0 Å². The van der Waals surface area contributed by atoms with Crippen LogP contribution in [0, 0.1) is 0 Å². The third kappa shape index (κ3) is 2.28. The monoisotopic (exact) mass is 284 g/mol. The third-order valence-electron chi connectivity index (χ3n) is 3.61. The molecule has 0 aliphatic carbocycles. The average Bonchev–Trinajstić information content (AvgIpc) is 2.79. The molecule has 5 nitrogen and oxygen atoms in total. The molecule has 1 unspecified atom stereocenters. The van der Waals surface area contributed by atoms with Crippen molar-refractivity contribution in [3.63, 3.8) is 0 Å². The van der Waals surface area contributed by atoms with E-state index in [0.29, 0.717) is 11.3 Å². The summed E-state index contributed by atoms with van der Waals surface area (Å²) in [6.07, 6.45) is -0.508. The van der Waals surface area contributed by atoms with Gasteiger partial charge in [-0.05, 0) is 24.6 Å². The Bertz CT molecular complexity index is 698. The van der Waals surface area contributed by atoms with E-state index in [1.54, 1.807) is 6.07 Å². The number of hydrogen-bond donors (Lipinski definition) is 4. The maximum Gasteiger partial charge on any atom is 0.157 e. The van der Waals surface area contributed by atoms with Crippen LogP contribution in [-0.2, 0) is 0 Å². The van der Waals surface area contributed by atoms with E-state index in [2.05, 4.69) is 5.32 Å². The molecule has 1 atom stereocenters. The van der Waals surface area contributed by atoms with Gasteiger partial charge in [-0.3, -0.25) is 5.21 Å². The number of phenols is 2.